The molecule has 2 aromatic heterocycles. The number of benzene rings is 1. The van der Waals surface area contributed by atoms with Crippen molar-refractivity contribution in [2.75, 3.05) is 11.9 Å². The minimum absolute atomic E-state index is 0.333. The van der Waals surface area contributed by atoms with E-state index in [1.54, 1.807) is 24.4 Å². The van der Waals surface area contributed by atoms with Crippen LogP contribution >= 0.6 is 23.2 Å². The second-order valence-corrected chi connectivity index (χ2v) is 4.95. The van der Waals surface area contributed by atoms with Crippen LogP contribution in [-0.2, 0) is 0 Å². The Morgan fingerprint density at radius 3 is 2.95 bits per heavy atom. The van der Waals surface area contributed by atoms with Gasteiger partial charge in [0.05, 0.1) is 11.2 Å². The smallest absolute Gasteiger partial charge is 0.235 e. The fourth-order valence-electron chi connectivity index (χ4n) is 1.79. The number of hydrogen-bond acceptors (Lipinski definition) is 5. The van der Waals surface area contributed by atoms with E-state index in [1.165, 1.54) is 0 Å². The van der Waals surface area contributed by atoms with Gasteiger partial charge in [-0.2, -0.15) is 15.1 Å². The lowest BCUT2D eigenvalue weighted by atomic mass is 10.3. The van der Waals surface area contributed by atoms with Crippen molar-refractivity contribution in [2.24, 2.45) is 0 Å². The summed E-state index contributed by atoms with van der Waals surface area (Å²) in [6.45, 7) is 2.64. The van der Waals surface area contributed by atoms with Crippen LogP contribution in [0.5, 0.6) is 11.6 Å². The summed E-state index contributed by atoms with van der Waals surface area (Å²) >= 11 is 12.1. The highest BCUT2D eigenvalue weighted by molar-refractivity contribution is 6.42. The molecule has 0 amide bonds. The lowest BCUT2D eigenvalue weighted by Crippen LogP contribution is -2.03. The number of rotatable bonds is 4. The molecular formula is C13H11Cl2N5O. The average molecular weight is 324 g/mol. The number of aromatic amines is 1. The van der Waals surface area contributed by atoms with Gasteiger partial charge in [-0.15, -0.1) is 0 Å². The van der Waals surface area contributed by atoms with Crippen molar-refractivity contribution in [2.45, 2.75) is 6.92 Å². The summed E-state index contributed by atoms with van der Waals surface area (Å²) in [5.74, 6) is 1.23. The third-order valence-electron chi connectivity index (χ3n) is 2.73. The van der Waals surface area contributed by atoms with Gasteiger partial charge in [-0.3, -0.25) is 5.10 Å². The monoisotopic (exact) mass is 323 g/mol. The Morgan fingerprint density at radius 2 is 2.14 bits per heavy atom. The van der Waals surface area contributed by atoms with Crippen LogP contribution in [0.2, 0.25) is 10.0 Å². The molecule has 0 aliphatic rings. The second-order valence-electron chi connectivity index (χ2n) is 4.17. The molecule has 0 saturated carbocycles. The first kappa shape index (κ1) is 13.9. The summed E-state index contributed by atoms with van der Waals surface area (Å²) in [4.78, 5) is 8.61. The van der Waals surface area contributed by atoms with E-state index in [9.17, 15) is 0 Å². The van der Waals surface area contributed by atoms with Crippen LogP contribution in [0.4, 0.5) is 5.95 Å². The molecule has 2 N–H and O–H groups in total. The molecule has 108 valence electrons. The van der Waals surface area contributed by atoms with E-state index in [-0.39, 0.29) is 0 Å². The van der Waals surface area contributed by atoms with Crippen LogP contribution in [0.25, 0.3) is 11.0 Å². The van der Waals surface area contributed by atoms with Gasteiger partial charge in [0.2, 0.25) is 11.8 Å². The van der Waals surface area contributed by atoms with Gasteiger partial charge in [0, 0.05) is 6.54 Å². The number of nitrogens with one attached hydrogen (secondary N) is 2. The normalized spacial score (nSPS) is 10.8. The topological polar surface area (TPSA) is 75.7 Å². The van der Waals surface area contributed by atoms with Crippen molar-refractivity contribution in [1.29, 1.82) is 0 Å². The maximum absolute atomic E-state index is 6.13. The lowest BCUT2D eigenvalue weighted by molar-refractivity contribution is 0.469. The second kappa shape index (κ2) is 5.75. The van der Waals surface area contributed by atoms with Gasteiger partial charge < -0.3 is 10.1 Å². The summed E-state index contributed by atoms with van der Waals surface area (Å²) in [5, 5.41) is 11.2. The minimum atomic E-state index is 0.333. The first-order valence-electron chi connectivity index (χ1n) is 6.26. The van der Waals surface area contributed by atoms with E-state index < -0.39 is 0 Å². The van der Waals surface area contributed by atoms with E-state index in [0.29, 0.717) is 45.2 Å². The summed E-state index contributed by atoms with van der Waals surface area (Å²) in [6.07, 6.45) is 1.60. The number of anilines is 1. The molecule has 8 heteroatoms. The van der Waals surface area contributed by atoms with Crippen LogP contribution < -0.4 is 10.1 Å². The summed E-state index contributed by atoms with van der Waals surface area (Å²) in [7, 11) is 0. The molecule has 0 bridgehead atoms. The Labute approximate surface area is 130 Å². The van der Waals surface area contributed by atoms with Gasteiger partial charge in [-0.1, -0.05) is 29.3 Å². The van der Waals surface area contributed by atoms with Gasteiger partial charge in [-0.05, 0) is 19.1 Å². The predicted molar refractivity (Wildman–Crippen MR) is 82.4 cm³/mol. The molecule has 0 saturated heterocycles. The van der Waals surface area contributed by atoms with E-state index in [0.717, 1.165) is 0 Å². The van der Waals surface area contributed by atoms with Crippen molar-refractivity contribution >= 4 is 40.2 Å². The Kier molecular flexibility index (Phi) is 3.81. The van der Waals surface area contributed by atoms with Crippen LogP contribution in [-0.4, -0.2) is 26.7 Å². The quantitative estimate of drug-likeness (QED) is 0.761. The predicted octanol–water partition coefficient (Wildman–Crippen LogP) is 3.88. The van der Waals surface area contributed by atoms with Crippen LogP contribution in [0.3, 0.4) is 0 Å². The lowest BCUT2D eigenvalue weighted by Gasteiger charge is -2.09. The SMILES string of the molecule is CCNc1nc(Oc2cccc(Cl)c2Cl)c2cn[nH]c2n1. The van der Waals surface area contributed by atoms with E-state index in [2.05, 4.69) is 25.5 Å². The average Bonchev–Trinajstić information content (AvgIpc) is 2.93. The molecule has 0 unspecified atom stereocenters. The molecule has 21 heavy (non-hydrogen) atoms. The molecule has 1 aromatic carbocycles. The molecule has 0 fully saturated rings. The molecule has 3 aromatic rings. The molecule has 0 spiro atoms. The van der Waals surface area contributed by atoms with Crippen molar-refractivity contribution in [3.05, 3.63) is 34.4 Å². The first-order chi connectivity index (χ1) is 10.2. The summed E-state index contributed by atoms with van der Waals surface area (Å²) in [6, 6.07) is 5.16. The standard InChI is InChI=1S/C13H11Cl2N5O/c1-2-16-13-18-11-7(6-17-20-11)12(19-13)21-9-5-3-4-8(14)10(9)15/h3-6H,2H2,1H3,(H2,16,17,18,19,20). The van der Waals surface area contributed by atoms with Crippen LogP contribution in [0, 0.1) is 0 Å². The zero-order valence-electron chi connectivity index (χ0n) is 11.0. The van der Waals surface area contributed by atoms with Gasteiger partial charge >= 0.3 is 0 Å². The molecule has 0 radical (unpaired) electrons. The van der Waals surface area contributed by atoms with Gasteiger partial charge in [0.1, 0.15) is 16.2 Å². The van der Waals surface area contributed by atoms with Crippen molar-refractivity contribution in [3.8, 4) is 11.6 Å². The molecule has 0 aliphatic carbocycles. The molecule has 6 nitrogen and oxygen atoms in total. The molecule has 0 aliphatic heterocycles. The number of hydrogen-bond donors (Lipinski definition) is 2. The number of ether oxygens (including phenoxy) is 1. The van der Waals surface area contributed by atoms with E-state index >= 15 is 0 Å². The largest absolute Gasteiger partial charge is 0.436 e. The van der Waals surface area contributed by atoms with Crippen LogP contribution in [0.15, 0.2) is 24.4 Å². The van der Waals surface area contributed by atoms with Crippen molar-refractivity contribution in [3.63, 3.8) is 0 Å². The minimum Gasteiger partial charge on any atom is -0.436 e. The third kappa shape index (κ3) is 2.72. The number of nitrogens with zero attached hydrogens (tertiary/aromatic N) is 3. The number of halogens is 2. The Hall–Kier alpha value is -2.05. The van der Waals surface area contributed by atoms with Gasteiger partial charge in [-0.25, -0.2) is 0 Å². The first-order valence-corrected chi connectivity index (χ1v) is 7.01. The zero-order chi connectivity index (χ0) is 14.8. The Balaban J connectivity index is 2.06. The zero-order valence-corrected chi connectivity index (χ0v) is 12.5. The van der Waals surface area contributed by atoms with Crippen molar-refractivity contribution < 1.29 is 4.74 Å². The third-order valence-corrected chi connectivity index (χ3v) is 3.53. The molecule has 2 heterocycles. The highest BCUT2D eigenvalue weighted by Gasteiger charge is 2.14. The number of aromatic nitrogens is 4. The Morgan fingerprint density at radius 1 is 1.29 bits per heavy atom. The summed E-state index contributed by atoms with van der Waals surface area (Å²) in [5.41, 5.74) is 0.578. The molecular weight excluding hydrogens is 313 g/mol. The van der Waals surface area contributed by atoms with Crippen molar-refractivity contribution in [1.82, 2.24) is 20.2 Å². The Bertz CT molecular complexity index is 789. The summed E-state index contributed by atoms with van der Waals surface area (Å²) < 4.78 is 5.78. The molecule has 3 rings (SSSR count). The number of H-pyrrole nitrogens is 1. The van der Waals surface area contributed by atoms with Crippen LogP contribution in [0.1, 0.15) is 6.92 Å². The highest BCUT2D eigenvalue weighted by Crippen LogP contribution is 2.36. The van der Waals surface area contributed by atoms with Gasteiger partial charge in [0.15, 0.2) is 5.65 Å². The van der Waals surface area contributed by atoms with E-state index in [4.69, 9.17) is 27.9 Å². The fraction of sp³-hybridized carbons (Fsp3) is 0.154. The van der Waals surface area contributed by atoms with Gasteiger partial charge in [0.25, 0.3) is 0 Å². The highest BCUT2D eigenvalue weighted by atomic mass is 35.5. The molecule has 0 atom stereocenters. The maximum atomic E-state index is 6.13. The maximum Gasteiger partial charge on any atom is 0.235 e. The van der Waals surface area contributed by atoms with E-state index in [1.807, 2.05) is 6.92 Å². The fourth-order valence-corrected chi connectivity index (χ4v) is 2.12. The number of fused-ring (bicyclic) bond motifs is 1.